The lowest BCUT2D eigenvalue weighted by molar-refractivity contribution is -0.255. The monoisotopic (exact) mass is 739 g/mol. The third-order valence-corrected chi connectivity index (χ3v) is 10.2. The van der Waals surface area contributed by atoms with Gasteiger partial charge in [-0.25, -0.2) is 4.79 Å². The summed E-state index contributed by atoms with van der Waals surface area (Å²) in [6.07, 6.45) is -5.23. The summed E-state index contributed by atoms with van der Waals surface area (Å²) in [5.74, 6) is -6.57. The Labute approximate surface area is 305 Å². The van der Waals surface area contributed by atoms with Crippen LogP contribution in [-0.4, -0.2) is 99.3 Å². The summed E-state index contributed by atoms with van der Waals surface area (Å²) < 4.78 is 22.7. The summed E-state index contributed by atoms with van der Waals surface area (Å²) in [6.45, 7) is 7.04. The van der Waals surface area contributed by atoms with Crippen molar-refractivity contribution in [3.63, 3.8) is 0 Å². The van der Waals surface area contributed by atoms with Crippen molar-refractivity contribution in [2.45, 2.75) is 103 Å². The molecule has 15 nitrogen and oxygen atoms in total. The Morgan fingerprint density at radius 2 is 1.70 bits per heavy atom. The van der Waals surface area contributed by atoms with E-state index in [0.29, 0.717) is 0 Å². The molecule has 2 aromatic rings. The molecule has 0 aromatic heterocycles. The molecule has 53 heavy (non-hydrogen) atoms. The number of ether oxygens (including phenoxy) is 4. The van der Waals surface area contributed by atoms with E-state index in [9.17, 15) is 49.2 Å². The number of phenolic OH excluding ortho intramolecular Hbond substituents is 2. The fourth-order valence-corrected chi connectivity index (χ4v) is 7.19. The number of benzene rings is 2. The first-order chi connectivity index (χ1) is 24.9. The Morgan fingerprint density at radius 1 is 1.02 bits per heavy atom. The molecule has 2 aromatic carbocycles. The number of hydrogen-bond donors (Lipinski definition) is 5. The van der Waals surface area contributed by atoms with Gasteiger partial charge in [0.05, 0.1) is 42.1 Å². The highest BCUT2D eigenvalue weighted by atomic mass is 16.7. The van der Waals surface area contributed by atoms with Gasteiger partial charge in [-0.2, -0.15) is 0 Å². The molecule has 1 amide bonds. The minimum absolute atomic E-state index is 0.0295. The van der Waals surface area contributed by atoms with Crippen molar-refractivity contribution in [2.75, 3.05) is 13.7 Å². The molecule has 3 aliphatic rings. The van der Waals surface area contributed by atoms with E-state index < -0.39 is 113 Å². The van der Waals surface area contributed by atoms with Gasteiger partial charge < -0.3 is 49.5 Å². The minimum atomic E-state index is -2.41. The first-order valence-electron chi connectivity index (χ1n) is 17.5. The molecule has 15 heteroatoms. The Balaban J connectivity index is 1.51. The minimum Gasteiger partial charge on any atom is -0.507 e. The van der Waals surface area contributed by atoms with E-state index >= 15 is 0 Å². The number of ketones is 4. The number of nitrogens with one attached hydrogen (secondary N) is 1. The largest absolute Gasteiger partial charge is 0.507 e. The van der Waals surface area contributed by atoms with E-state index in [-0.39, 0.29) is 59.0 Å². The number of esters is 1. The second-order valence-electron chi connectivity index (χ2n) is 14.4. The summed E-state index contributed by atoms with van der Waals surface area (Å²) >= 11 is 0. The number of aliphatic hydroxyl groups is 2. The van der Waals surface area contributed by atoms with E-state index in [2.05, 4.69) is 5.32 Å². The molecule has 5 N–H and O–H groups in total. The van der Waals surface area contributed by atoms with Crippen LogP contribution in [0.5, 0.6) is 17.2 Å². The van der Waals surface area contributed by atoms with Gasteiger partial charge in [-0.05, 0) is 31.7 Å². The molecule has 1 heterocycles. The van der Waals surface area contributed by atoms with Crippen LogP contribution < -0.4 is 10.1 Å². The Hall–Kier alpha value is -4.70. The standard InChI is InChI=1S/C38H45NO14/c1-16(2)31(39-25(42)11-10-18(4)40)37(48)51-15-24(41)38(49)13-21-28(23(14-38)53-26-12-17(3)32(43)19(5)52-26)36(47)30-29(34(21)45)33(44)20-8-7-9-22(50-6)27(20)35(30)46/h7-9,16-17,19,23,26,31-32,43,45,47,49H,10-15H2,1-6H3,(H,39,42)/t17?,19?,23-,26?,31-,32?,38?/m1/s1. The number of aromatic hydroxyl groups is 2. The van der Waals surface area contributed by atoms with Gasteiger partial charge in [0, 0.05) is 48.8 Å². The lowest BCUT2D eigenvalue weighted by atomic mass is 9.72. The van der Waals surface area contributed by atoms with Gasteiger partial charge in [0.1, 0.15) is 34.7 Å². The first kappa shape index (κ1) is 39.5. The van der Waals surface area contributed by atoms with Gasteiger partial charge in [0.25, 0.3) is 0 Å². The van der Waals surface area contributed by atoms with E-state index in [1.54, 1.807) is 27.7 Å². The zero-order valence-electron chi connectivity index (χ0n) is 30.4. The number of methoxy groups -OCH3 is 1. The zero-order chi connectivity index (χ0) is 39.1. The lowest BCUT2D eigenvalue weighted by Crippen LogP contribution is -2.50. The van der Waals surface area contributed by atoms with Crippen LogP contribution in [0.1, 0.15) is 109 Å². The van der Waals surface area contributed by atoms with E-state index in [1.165, 1.54) is 32.2 Å². The van der Waals surface area contributed by atoms with Gasteiger partial charge in [0.15, 0.2) is 18.7 Å². The van der Waals surface area contributed by atoms with Gasteiger partial charge in [-0.1, -0.05) is 32.9 Å². The summed E-state index contributed by atoms with van der Waals surface area (Å²) in [5.41, 5.74) is -4.07. The summed E-state index contributed by atoms with van der Waals surface area (Å²) in [4.78, 5) is 78.3. The summed E-state index contributed by atoms with van der Waals surface area (Å²) in [5, 5.41) is 48.4. The number of carbonyl (C=O) groups excluding carboxylic acids is 6. The quantitative estimate of drug-likeness (QED) is 0.133. The Kier molecular flexibility index (Phi) is 11.4. The predicted molar refractivity (Wildman–Crippen MR) is 183 cm³/mol. The molecule has 0 saturated carbocycles. The van der Waals surface area contributed by atoms with E-state index in [4.69, 9.17) is 18.9 Å². The van der Waals surface area contributed by atoms with Crippen molar-refractivity contribution in [3.05, 3.63) is 51.6 Å². The van der Waals surface area contributed by atoms with Crippen LogP contribution in [0.3, 0.4) is 0 Å². The Bertz CT molecular complexity index is 1840. The van der Waals surface area contributed by atoms with Crippen LogP contribution in [0.2, 0.25) is 0 Å². The third-order valence-electron chi connectivity index (χ3n) is 10.2. The topological polar surface area (TPSA) is 232 Å². The Morgan fingerprint density at radius 3 is 2.32 bits per heavy atom. The number of carbonyl (C=O) groups is 6. The van der Waals surface area contributed by atoms with Crippen LogP contribution in [0, 0.1) is 11.8 Å². The second kappa shape index (κ2) is 15.3. The average Bonchev–Trinajstić information content (AvgIpc) is 3.10. The SMILES string of the molecule is COc1cccc2c1C(=O)c1c(O)c3c(c(O)c1C2=O)CC(O)(C(=O)COC(=O)[C@H](NC(=O)CCC(C)=O)C(C)C)C[C@H]3OC1CC(C)C(O)C(C)O1. The molecule has 286 valence electrons. The number of hydrogen-bond acceptors (Lipinski definition) is 14. The van der Waals surface area contributed by atoms with Crippen LogP contribution >= 0.6 is 0 Å². The number of aliphatic hydroxyl groups excluding tert-OH is 1. The molecule has 1 saturated heterocycles. The lowest BCUT2D eigenvalue weighted by Gasteiger charge is -2.42. The third kappa shape index (κ3) is 7.56. The molecule has 5 rings (SSSR count). The van der Waals surface area contributed by atoms with Gasteiger partial charge in [-0.15, -0.1) is 0 Å². The molecule has 0 bridgehead atoms. The predicted octanol–water partition coefficient (Wildman–Crippen LogP) is 2.37. The molecular formula is C38H45NO14. The van der Waals surface area contributed by atoms with Crippen molar-refractivity contribution in [1.29, 1.82) is 0 Å². The van der Waals surface area contributed by atoms with E-state index in [0.717, 1.165) is 0 Å². The van der Waals surface area contributed by atoms with Gasteiger partial charge in [0.2, 0.25) is 17.5 Å². The summed E-state index contributed by atoms with van der Waals surface area (Å²) in [7, 11) is 1.31. The van der Waals surface area contributed by atoms with Crippen LogP contribution in [0.15, 0.2) is 18.2 Å². The number of fused-ring (bicyclic) bond motifs is 3. The molecule has 0 spiro atoms. The molecule has 0 radical (unpaired) electrons. The smallest absolute Gasteiger partial charge is 0.329 e. The summed E-state index contributed by atoms with van der Waals surface area (Å²) in [6, 6.07) is 3.14. The maximum absolute atomic E-state index is 13.9. The highest BCUT2D eigenvalue weighted by molar-refractivity contribution is 6.31. The number of rotatable bonds is 12. The zero-order valence-corrected chi connectivity index (χ0v) is 30.4. The second-order valence-corrected chi connectivity index (χ2v) is 14.4. The van der Waals surface area contributed by atoms with Crippen molar-refractivity contribution in [1.82, 2.24) is 5.32 Å². The number of Topliss-reactive ketones (excluding diaryl/α,β-unsaturated/α-hetero) is 2. The number of amides is 1. The fourth-order valence-electron chi connectivity index (χ4n) is 7.19. The van der Waals surface area contributed by atoms with Crippen LogP contribution in [-0.2, 0) is 39.8 Å². The van der Waals surface area contributed by atoms with Crippen molar-refractivity contribution in [2.24, 2.45) is 11.8 Å². The maximum atomic E-state index is 13.9. The fraction of sp³-hybridized carbons (Fsp3) is 0.526. The maximum Gasteiger partial charge on any atom is 0.329 e. The average molecular weight is 740 g/mol. The molecule has 2 aliphatic carbocycles. The van der Waals surface area contributed by atoms with Crippen LogP contribution in [0.25, 0.3) is 0 Å². The van der Waals surface area contributed by atoms with Crippen LogP contribution in [0.4, 0.5) is 0 Å². The number of phenols is 2. The normalized spacial score (nSPS) is 25.5. The highest BCUT2D eigenvalue weighted by Crippen LogP contribution is 2.52. The van der Waals surface area contributed by atoms with Gasteiger partial charge >= 0.3 is 5.97 Å². The molecule has 1 fully saturated rings. The molecular weight excluding hydrogens is 694 g/mol. The highest BCUT2D eigenvalue weighted by Gasteiger charge is 2.50. The van der Waals surface area contributed by atoms with Gasteiger partial charge in [-0.3, -0.25) is 19.2 Å². The van der Waals surface area contributed by atoms with Crippen molar-refractivity contribution in [3.8, 4) is 17.2 Å². The van der Waals surface area contributed by atoms with E-state index in [1.807, 2.05) is 0 Å². The molecule has 5 unspecified atom stereocenters. The van der Waals surface area contributed by atoms with Crippen molar-refractivity contribution < 1.29 is 68.1 Å². The van der Waals surface area contributed by atoms with Crippen molar-refractivity contribution >= 4 is 35.0 Å². The first-order valence-corrected chi connectivity index (χ1v) is 17.5. The molecule has 1 aliphatic heterocycles. The molecule has 7 atom stereocenters.